The van der Waals surface area contributed by atoms with Gasteiger partial charge in [0.25, 0.3) is 0 Å². The van der Waals surface area contributed by atoms with Crippen LogP contribution >= 0.6 is 15.9 Å². The summed E-state index contributed by atoms with van der Waals surface area (Å²) in [5, 5.41) is 0. The van der Waals surface area contributed by atoms with Crippen molar-refractivity contribution in [2.24, 2.45) is 0 Å². The summed E-state index contributed by atoms with van der Waals surface area (Å²) in [6.07, 6.45) is -2.12. The molecule has 2 aromatic carbocycles. The summed E-state index contributed by atoms with van der Waals surface area (Å²) in [4.78, 5) is 12.0. The van der Waals surface area contributed by atoms with Gasteiger partial charge in [0.2, 0.25) is 0 Å². The van der Waals surface area contributed by atoms with E-state index in [0.29, 0.717) is 10.0 Å². The number of hydrogen-bond donors (Lipinski definition) is 0. The van der Waals surface area contributed by atoms with E-state index in [0.717, 1.165) is 12.1 Å². The molecule has 108 valence electrons. The molecule has 0 atom stereocenters. The number of alkyl halides is 3. The smallest absolute Gasteiger partial charge is 0.289 e. The highest BCUT2D eigenvalue weighted by molar-refractivity contribution is 9.10. The zero-order chi connectivity index (χ0) is 15.5. The van der Waals surface area contributed by atoms with Crippen LogP contribution in [0, 0.1) is 0 Å². The van der Waals surface area contributed by atoms with Crippen LogP contribution in [0.4, 0.5) is 13.2 Å². The molecule has 0 saturated carbocycles. The summed E-state index contributed by atoms with van der Waals surface area (Å²) >= 11 is 3.23. The van der Waals surface area contributed by atoms with Gasteiger partial charge >= 0.3 is 6.18 Å². The van der Waals surface area contributed by atoms with Crippen molar-refractivity contribution in [2.45, 2.75) is 6.18 Å². The Hall–Kier alpha value is -1.88. The van der Waals surface area contributed by atoms with Gasteiger partial charge in [-0.05, 0) is 29.8 Å². The van der Waals surface area contributed by atoms with Crippen molar-refractivity contribution in [3.8, 4) is 0 Å². The molecule has 0 aliphatic rings. The predicted octanol–water partition coefficient (Wildman–Crippen LogP) is 5.36. The van der Waals surface area contributed by atoms with E-state index in [1.165, 1.54) is 24.3 Å². The minimum absolute atomic E-state index is 0.0367. The molecule has 0 aliphatic heterocycles. The number of rotatable bonds is 3. The Labute approximate surface area is 128 Å². The fraction of sp³-hybridized carbons (Fsp3) is 0.0625. The number of carbonyl (C=O) groups excluding carboxylic acids is 1. The molecule has 0 aromatic heterocycles. The topological polar surface area (TPSA) is 17.1 Å². The molecule has 0 spiro atoms. The highest BCUT2D eigenvalue weighted by Crippen LogP contribution is 2.32. The molecule has 0 amide bonds. The second-order valence-corrected chi connectivity index (χ2v) is 5.12. The van der Waals surface area contributed by atoms with E-state index in [2.05, 4.69) is 15.9 Å². The number of benzene rings is 2. The first-order chi connectivity index (χ1) is 9.89. The average molecular weight is 355 g/mol. The second-order valence-electron chi connectivity index (χ2n) is 4.26. The van der Waals surface area contributed by atoms with E-state index in [9.17, 15) is 18.0 Å². The Morgan fingerprint density at radius 2 is 1.62 bits per heavy atom. The van der Waals surface area contributed by atoms with Crippen LogP contribution < -0.4 is 0 Å². The van der Waals surface area contributed by atoms with Crippen molar-refractivity contribution in [3.05, 3.63) is 75.8 Å². The lowest BCUT2D eigenvalue weighted by molar-refractivity contribution is -0.137. The van der Waals surface area contributed by atoms with Crippen LogP contribution in [-0.2, 0) is 6.18 Å². The Kier molecular flexibility index (Phi) is 4.63. The van der Waals surface area contributed by atoms with E-state index < -0.39 is 11.7 Å². The summed E-state index contributed by atoms with van der Waals surface area (Å²) < 4.78 is 39.1. The molecule has 0 radical (unpaired) electrons. The van der Waals surface area contributed by atoms with E-state index >= 15 is 0 Å². The van der Waals surface area contributed by atoms with Crippen molar-refractivity contribution in [1.29, 1.82) is 0 Å². The van der Waals surface area contributed by atoms with Gasteiger partial charge < -0.3 is 0 Å². The van der Waals surface area contributed by atoms with Gasteiger partial charge in [0.1, 0.15) is 0 Å². The Morgan fingerprint density at radius 3 is 2.29 bits per heavy atom. The lowest BCUT2D eigenvalue weighted by Crippen LogP contribution is -2.07. The van der Waals surface area contributed by atoms with E-state index in [4.69, 9.17) is 0 Å². The lowest BCUT2D eigenvalue weighted by Gasteiger charge is -2.09. The van der Waals surface area contributed by atoms with Gasteiger partial charge in [0, 0.05) is 10.0 Å². The van der Waals surface area contributed by atoms with Gasteiger partial charge in [-0.15, -0.1) is 0 Å². The molecule has 0 fully saturated rings. The van der Waals surface area contributed by atoms with Crippen molar-refractivity contribution >= 4 is 27.8 Å². The van der Waals surface area contributed by atoms with E-state index in [1.54, 1.807) is 24.3 Å². The zero-order valence-electron chi connectivity index (χ0n) is 10.7. The standard InChI is InChI=1S/C16H10BrF3O/c17-14-8-4-2-6-12(14)15(21)10-9-11-5-1-3-7-13(11)16(18,19)20/h1-10H/b10-9+. The largest absolute Gasteiger partial charge is 0.416 e. The van der Waals surface area contributed by atoms with Crippen LogP contribution in [0.2, 0.25) is 0 Å². The van der Waals surface area contributed by atoms with Gasteiger partial charge in [0.05, 0.1) is 5.56 Å². The Balaban J connectivity index is 2.31. The minimum Gasteiger partial charge on any atom is -0.289 e. The molecule has 0 heterocycles. The number of halogens is 4. The predicted molar refractivity (Wildman–Crippen MR) is 79.0 cm³/mol. The number of hydrogen-bond acceptors (Lipinski definition) is 1. The van der Waals surface area contributed by atoms with Crippen molar-refractivity contribution in [2.75, 3.05) is 0 Å². The van der Waals surface area contributed by atoms with E-state index in [1.807, 2.05) is 0 Å². The number of allylic oxidation sites excluding steroid dienone is 1. The molecular formula is C16H10BrF3O. The first-order valence-electron chi connectivity index (χ1n) is 6.03. The molecule has 2 aromatic rings. The first-order valence-corrected chi connectivity index (χ1v) is 6.82. The van der Waals surface area contributed by atoms with Crippen LogP contribution in [-0.4, -0.2) is 5.78 Å². The molecule has 0 aliphatic carbocycles. The Bertz CT molecular complexity index is 690. The monoisotopic (exact) mass is 354 g/mol. The third kappa shape index (κ3) is 3.82. The SMILES string of the molecule is O=C(/C=C/c1ccccc1C(F)(F)F)c1ccccc1Br. The molecular weight excluding hydrogens is 345 g/mol. The van der Waals surface area contributed by atoms with Crippen molar-refractivity contribution in [3.63, 3.8) is 0 Å². The summed E-state index contributed by atoms with van der Waals surface area (Å²) in [6, 6.07) is 11.9. The number of ketones is 1. The van der Waals surface area contributed by atoms with Gasteiger partial charge in [-0.3, -0.25) is 4.79 Å². The maximum atomic E-state index is 12.8. The molecule has 21 heavy (non-hydrogen) atoms. The van der Waals surface area contributed by atoms with Crippen LogP contribution in [0.25, 0.3) is 6.08 Å². The van der Waals surface area contributed by atoms with Crippen LogP contribution in [0.1, 0.15) is 21.5 Å². The highest BCUT2D eigenvalue weighted by atomic mass is 79.9. The first kappa shape index (κ1) is 15.5. The molecule has 0 N–H and O–H groups in total. The zero-order valence-corrected chi connectivity index (χ0v) is 12.3. The molecule has 1 nitrogen and oxygen atoms in total. The molecule has 0 bridgehead atoms. The maximum absolute atomic E-state index is 12.8. The summed E-state index contributed by atoms with van der Waals surface area (Å²) in [6.45, 7) is 0. The summed E-state index contributed by atoms with van der Waals surface area (Å²) in [5.41, 5.74) is -0.398. The van der Waals surface area contributed by atoms with Crippen LogP contribution in [0.15, 0.2) is 59.1 Å². The molecule has 2 rings (SSSR count). The molecule has 0 unspecified atom stereocenters. The van der Waals surface area contributed by atoms with Gasteiger partial charge in [0.15, 0.2) is 5.78 Å². The average Bonchev–Trinajstić information content (AvgIpc) is 2.44. The van der Waals surface area contributed by atoms with Crippen LogP contribution in [0.3, 0.4) is 0 Å². The third-order valence-electron chi connectivity index (χ3n) is 2.82. The normalized spacial score (nSPS) is 11.8. The molecule has 5 heteroatoms. The highest BCUT2D eigenvalue weighted by Gasteiger charge is 2.32. The van der Waals surface area contributed by atoms with E-state index in [-0.39, 0.29) is 11.3 Å². The third-order valence-corrected chi connectivity index (χ3v) is 3.51. The second kappa shape index (κ2) is 6.26. The lowest BCUT2D eigenvalue weighted by atomic mass is 10.0. The minimum atomic E-state index is -4.45. The van der Waals surface area contributed by atoms with Gasteiger partial charge in [-0.1, -0.05) is 52.3 Å². The Morgan fingerprint density at radius 1 is 1.00 bits per heavy atom. The maximum Gasteiger partial charge on any atom is 0.416 e. The quantitative estimate of drug-likeness (QED) is 0.535. The fourth-order valence-corrected chi connectivity index (χ4v) is 2.30. The summed E-state index contributed by atoms with van der Waals surface area (Å²) in [5.74, 6) is -0.362. The molecule has 0 saturated heterocycles. The fourth-order valence-electron chi connectivity index (χ4n) is 1.82. The summed E-state index contributed by atoms with van der Waals surface area (Å²) in [7, 11) is 0. The van der Waals surface area contributed by atoms with Crippen molar-refractivity contribution in [1.82, 2.24) is 0 Å². The van der Waals surface area contributed by atoms with Gasteiger partial charge in [-0.2, -0.15) is 13.2 Å². The van der Waals surface area contributed by atoms with Crippen molar-refractivity contribution < 1.29 is 18.0 Å². The van der Waals surface area contributed by atoms with Crippen LogP contribution in [0.5, 0.6) is 0 Å². The van der Waals surface area contributed by atoms with Gasteiger partial charge in [-0.25, -0.2) is 0 Å². The number of carbonyl (C=O) groups is 1.